The molecule has 3 heterocycles. The predicted molar refractivity (Wildman–Crippen MR) is 293 cm³/mol. The van der Waals surface area contributed by atoms with Crippen LogP contribution in [-0.4, -0.2) is 6.71 Å². The van der Waals surface area contributed by atoms with Crippen molar-refractivity contribution in [1.82, 2.24) is 0 Å². The van der Waals surface area contributed by atoms with E-state index in [0.717, 1.165) is 17.7 Å². The number of hydrogen-bond donors (Lipinski definition) is 0. The molecule has 3 aliphatic carbocycles. The second kappa shape index (κ2) is 14.4. The van der Waals surface area contributed by atoms with Crippen LogP contribution in [0.3, 0.4) is 0 Å². The monoisotopic (exact) mass is 903 g/mol. The first-order valence-corrected chi connectivity index (χ1v) is 26.5. The Morgan fingerprint density at radius 1 is 0.529 bits per heavy atom. The van der Waals surface area contributed by atoms with E-state index in [4.69, 9.17) is 4.42 Å². The second-order valence-corrected chi connectivity index (χ2v) is 27.4. The van der Waals surface area contributed by atoms with Crippen molar-refractivity contribution < 1.29 is 4.42 Å². The Hall–Kier alpha value is -4.70. The summed E-state index contributed by atoms with van der Waals surface area (Å²) in [4.78, 5) is 5.36. The van der Waals surface area contributed by atoms with Crippen LogP contribution in [0.25, 0.3) is 11.0 Å². The number of rotatable bonds is 4. The lowest BCUT2D eigenvalue weighted by molar-refractivity contribution is 0.332. The molecule has 0 saturated heterocycles. The molecule has 1 atom stereocenters. The maximum atomic E-state index is 7.66. The molecule has 0 amide bonds. The summed E-state index contributed by atoms with van der Waals surface area (Å²) in [6.07, 6.45) is 8.14. The summed E-state index contributed by atoms with van der Waals surface area (Å²) < 4.78 is 7.66. The van der Waals surface area contributed by atoms with Gasteiger partial charge in [-0.15, -0.1) is 0 Å². The minimum Gasteiger partial charge on any atom is -0.468 e. The van der Waals surface area contributed by atoms with E-state index in [9.17, 15) is 0 Å². The first-order chi connectivity index (χ1) is 31.6. The van der Waals surface area contributed by atoms with Gasteiger partial charge in [-0.2, -0.15) is 0 Å². The SMILES string of the molecule is CCC(C)c1cc2c3c(c1)N(c1ccc4c(c1)C(C)(C)CCC4(C)C)c1c(oc4cc5c(cc14)C(C)(C)CCC5(C)C)B3c1ccc(C(C)(C)C)cc1N2c1ccc2c(c1)C(C)(C)CCC2(C)C. The highest BCUT2D eigenvalue weighted by molar-refractivity contribution is 7.00. The van der Waals surface area contributed by atoms with E-state index in [-0.39, 0.29) is 44.6 Å². The van der Waals surface area contributed by atoms with E-state index >= 15 is 0 Å². The van der Waals surface area contributed by atoms with Gasteiger partial charge < -0.3 is 14.2 Å². The lowest BCUT2D eigenvalue weighted by Crippen LogP contribution is -2.61. The highest BCUT2D eigenvalue weighted by Gasteiger charge is 2.49. The molecule has 68 heavy (non-hydrogen) atoms. The molecule has 5 aromatic carbocycles. The van der Waals surface area contributed by atoms with Gasteiger partial charge in [-0.05, 0) is 199 Å². The normalized spacial score (nSPS) is 21.3. The molecule has 6 aromatic rings. The van der Waals surface area contributed by atoms with E-state index in [1.54, 1.807) is 0 Å². The lowest BCUT2D eigenvalue weighted by Gasteiger charge is -2.46. The fourth-order valence-electron chi connectivity index (χ4n) is 13.5. The third-order valence-electron chi connectivity index (χ3n) is 18.9. The molecular formula is C64H79BN2O. The van der Waals surface area contributed by atoms with Crippen LogP contribution in [0.5, 0.6) is 0 Å². The molecule has 3 nitrogen and oxygen atoms in total. The van der Waals surface area contributed by atoms with Gasteiger partial charge in [0.2, 0.25) is 0 Å². The summed E-state index contributed by atoms with van der Waals surface area (Å²) in [5.41, 5.74) is 24.4. The Kier molecular flexibility index (Phi) is 9.72. The van der Waals surface area contributed by atoms with Gasteiger partial charge in [-0.25, -0.2) is 0 Å². The summed E-state index contributed by atoms with van der Waals surface area (Å²) in [6, 6.07) is 32.7. The zero-order chi connectivity index (χ0) is 48.6. The molecule has 0 bridgehead atoms. The van der Waals surface area contributed by atoms with Crippen molar-refractivity contribution >= 4 is 68.4 Å². The van der Waals surface area contributed by atoms with Crippen LogP contribution in [0.2, 0.25) is 0 Å². The number of fused-ring (bicyclic) bond motifs is 9. The van der Waals surface area contributed by atoms with E-state index in [0.29, 0.717) is 5.92 Å². The van der Waals surface area contributed by atoms with Crippen molar-refractivity contribution in [1.29, 1.82) is 0 Å². The van der Waals surface area contributed by atoms with Crippen LogP contribution < -0.4 is 26.4 Å². The van der Waals surface area contributed by atoms with Gasteiger partial charge in [0.1, 0.15) is 5.58 Å². The van der Waals surface area contributed by atoms with Crippen molar-refractivity contribution in [2.24, 2.45) is 0 Å². The van der Waals surface area contributed by atoms with Gasteiger partial charge in [-0.3, -0.25) is 0 Å². The van der Waals surface area contributed by atoms with Gasteiger partial charge in [0.15, 0.2) is 0 Å². The van der Waals surface area contributed by atoms with Gasteiger partial charge in [-0.1, -0.05) is 142 Å². The Morgan fingerprint density at radius 3 is 1.49 bits per heavy atom. The largest absolute Gasteiger partial charge is 0.468 e. The summed E-state index contributed by atoms with van der Waals surface area (Å²) >= 11 is 0. The van der Waals surface area contributed by atoms with Crippen LogP contribution >= 0.6 is 0 Å². The van der Waals surface area contributed by atoms with Gasteiger partial charge in [0.25, 0.3) is 6.71 Å². The number of furan rings is 1. The smallest absolute Gasteiger partial charge is 0.297 e. The Morgan fingerprint density at radius 2 is 0.985 bits per heavy atom. The fourth-order valence-corrected chi connectivity index (χ4v) is 13.5. The first kappa shape index (κ1) is 45.7. The summed E-state index contributed by atoms with van der Waals surface area (Å²) in [7, 11) is 0. The van der Waals surface area contributed by atoms with Crippen LogP contribution in [0.1, 0.15) is 213 Å². The van der Waals surface area contributed by atoms with Crippen molar-refractivity contribution in [3.8, 4) is 0 Å². The molecule has 5 aliphatic rings. The fraction of sp³-hybridized carbons (Fsp3) is 0.500. The van der Waals surface area contributed by atoms with E-state index in [1.165, 1.54) is 133 Å². The maximum absolute atomic E-state index is 7.66. The molecule has 354 valence electrons. The Labute approximate surface area is 410 Å². The Bertz CT molecular complexity index is 3090. The maximum Gasteiger partial charge on any atom is 0.297 e. The summed E-state index contributed by atoms with van der Waals surface area (Å²) in [6.45, 7) is 41.3. The summed E-state index contributed by atoms with van der Waals surface area (Å²) in [5, 5.41) is 1.23. The highest BCUT2D eigenvalue weighted by Crippen LogP contribution is 2.55. The van der Waals surface area contributed by atoms with E-state index < -0.39 is 0 Å². The minimum absolute atomic E-state index is 0.0338. The Balaban J connectivity index is 1.28. The van der Waals surface area contributed by atoms with Crippen molar-refractivity contribution in [3.63, 3.8) is 0 Å². The third kappa shape index (κ3) is 6.64. The molecule has 4 heteroatoms. The number of hydrogen-bond acceptors (Lipinski definition) is 3. The number of anilines is 6. The van der Waals surface area contributed by atoms with Crippen LogP contribution in [0, 0.1) is 0 Å². The molecule has 0 N–H and O–H groups in total. The number of nitrogens with zero attached hydrogens (tertiary/aromatic N) is 2. The third-order valence-corrected chi connectivity index (χ3v) is 18.9. The molecule has 0 saturated carbocycles. The van der Waals surface area contributed by atoms with Crippen molar-refractivity contribution in [3.05, 3.63) is 123 Å². The van der Waals surface area contributed by atoms with Gasteiger partial charge in [0.05, 0.1) is 11.3 Å². The average molecular weight is 903 g/mol. The second-order valence-electron chi connectivity index (χ2n) is 27.4. The minimum atomic E-state index is -0.0936. The first-order valence-electron chi connectivity index (χ1n) is 26.5. The van der Waals surface area contributed by atoms with E-state index in [1.807, 2.05) is 0 Å². The van der Waals surface area contributed by atoms with Crippen molar-refractivity contribution in [2.75, 3.05) is 9.80 Å². The molecule has 1 aromatic heterocycles. The van der Waals surface area contributed by atoms with Gasteiger partial charge >= 0.3 is 0 Å². The number of benzene rings is 5. The molecule has 11 rings (SSSR count). The molecule has 0 spiro atoms. The quantitative estimate of drug-likeness (QED) is 0.164. The van der Waals surface area contributed by atoms with Crippen LogP contribution in [0.15, 0.2) is 83.3 Å². The molecule has 0 fully saturated rings. The molecule has 0 radical (unpaired) electrons. The van der Waals surface area contributed by atoms with Gasteiger partial charge in [0, 0.05) is 33.8 Å². The lowest BCUT2D eigenvalue weighted by atomic mass is 9.35. The predicted octanol–water partition coefficient (Wildman–Crippen LogP) is 16.4. The molecular weight excluding hydrogens is 824 g/mol. The average Bonchev–Trinajstić information content (AvgIpc) is 3.65. The van der Waals surface area contributed by atoms with E-state index in [2.05, 4.69) is 206 Å². The molecule has 2 aliphatic heterocycles. The summed E-state index contributed by atoms with van der Waals surface area (Å²) in [5.74, 6) is 0.366. The zero-order valence-corrected chi connectivity index (χ0v) is 44.9. The van der Waals surface area contributed by atoms with Crippen LogP contribution in [-0.2, 0) is 37.9 Å². The highest BCUT2D eigenvalue weighted by atomic mass is 16.3. The van der Waals surface area contributed by atoms with Crippen LogP contribution in [0.4, 0.5) is 34.1 Å². The van der Waals surface area contributed by atoms with Crippen molar-refractivity contribution in [2.45, 2.75) is 206 Å². The standard InChI is InChI=1S/C64H79BN2O/c1-18-38(2)39-31-52-55-53(32-39)67(42-21-23-45-47(35-42)62(12,13)28-26-60(45,8)9)56-43-36-48-49(64(16,17)30-29-63(48,14)15)37-54(43)68-57(56)65(55)50-24-19-40(58(3,4)5)33-51(50)66(52)41-20-22-44-46(34-41)61(10,11)27-25-59(44,6)7/h19-24,31-38H,18,25-30H2,1-17H3. The zero-order valence-electron chi connectivity index (χ0n) is 44.9. The topological polar surface area (TPSA) is 19.6 Å². The molecule has 1 unspecified atom stereocenters.